The first-order valence-electron chi connectivity index (χ1n) is 6.72. The van der Waals surface area contributed by atoms with E-state index in [4.69, 9.17) is 5.26 Å². The Morgan fingerprint density at radius 3 is 2.72 bits per heavy atom. The number of rotatable bonds is 6. The van der Waals surface area contributed by atoms with Crippen molar-refractivity contribution >= 4 is 5.91 Å². The predicted molar refractivity (Wildman–Crippen MR) is 70.9 cm³/mol. The molecule has 18 heavy (non-hydrogen) atoms. The molecule has 0 aromatic heterocycles. The molecule has 0 bridgehead atoms. The smallest absolute Gasteiger partial charge is 0.235 e. The van der Waals surface area contributed by atoms with E-state index in [1.807, 2.05) is 6.07 Å². The van der Waals surface area contributed by atoms with Gasteiger partial charge in [-0.15, -0.1) is 0 Å². The Morgan fingerprint density at radius 1 is 1.50 bits per heavy atom. The van der Waals surface area contributed by atoms with Crippen LogP contribution in [0.1, 0.15) is 26.7 Å². The normalized spacial score (nSPS) is 16.8. The number of nitriles is 1. The Bertz CT molecular complexity index is 292. The summed E-state index contributed by atoms with van der Waals surface area (Å²) in [6.45, 7) is 7.84. The lowest BCUT2D eigenvalue weighted by Gasteiger charge is -2.32. The maximum atomic E-state index is 11.6. The fraction of sp³-hybridized carbons (Fsp3) is 0.846. The zero-order chi connectivity index (χ0) is 13.4. The molecule has 0 aromatic rings. The largest absolute Gasteiger partial charge is 0.342 e. The molecule has 5 nitrogen and oxygen atoms in total. The van der Waals surface area contributed by atoms with Gasteiger partial charge >= 0.3 is 0 Å². The lowest BCUT2D eigenvalue weighted by atomic mass is 9.97. The molecule has 0 unspecified atom stereocenters. The lowest BCUT2D eigenvalue weighted by Crippen LogP contribution is -2.44. The fourth-order valence-corrected chi connectivity index (χ4v) is 2.23. The maximum absolute atomic E-state index is 11.6. The zero-order valence-corrected chi connectivity index (χ0v) is 11.4. The van der Waals surface area contributed by atoms with Crippen LogP contribution in [0, 0.1) is 17.2 Å². The first-order chi connectivity index (χ1) is 8.63. The maximum Gasteiger partial charge on any atom is 0.235 e. The van der Waals surface area contributed by atoms with Crippen LogP contribution < -0.4 is 10.6 Å². The summed E-state index contributed by atoms with van der Waals surface area (Å²) in [5.41, 5.74) is 0. The van der Waals surface area contributed by atoms with Gasteiger partial charge in [0.15, 0.2) is 0 Å². The third kappa shape index (κ3) is 5.48. The topological polar surface area (TPSA) is 68.2 Å². The highest BCUT2D eigenvalue weighted by Crippen LogP contribution is 2.14. The molecule has 1 amide bonds. The van der Waals surface area contributed by atoms with Crippen LogP contribution in [-0.2, 0) is 4.79 Å². The van der Waals surface area contributed by atoms with Gasteiger partial charge in [0.25, 0.3) is 0 Å². The Hall–Kier alpha value is -1.12. The molecule has 1 aliphatic heterocycles. The van der Waals surface area contributed by atoms with Crippen LogP contribution >= 0.6 is 0 Å². The Kier molecular flexibility index (Phi) is 6.69. The standard InChI is InChI=1S/C13H24N4O/c1-11(2)17(10-13(18)16-8-5-14)9-12-3-6-15-7-4-12/h11-12,15H,3-4,6-10H2,1-2H3,(H,16,18). The Morgan fingerprint density at radius 2 is 2.17 bits per heavy atom. The number of nitrogens with zero attached hydrogens (tertiary/aromatic N) is 2. The average molecular weight is 252 g/mol. The summed E-state index contributed by atoms with van der Waals surface area (Å²) in [5, 5.41) is 14.4. The lowest BCUT2D eigenvalue weighted by molar-refractivity contribution is -0.122. The van der Waals surface area contributed by atoms with E-state index in [1.165, 1.54) is 12.8 Å². The molecule has 0 aliphatic carbocycles. The van der Waals surface area contributed by atoms with Gasteiger partial charge in [-0.3, -0.25) is 9.69 Å². The molecule has 1 aliphatic rings. The van der Waals surface area contributed by atoms with Gasteiger partial charge in [-0.05, 0) is 45.7 Å². The van der Waals surface area contributed by atoms with Gasteiger partial charge in [-0.1, -0.05) is 0 Å². The van der Waals surface area contributed by atoms with Gasteiger partial charge in [0.2, 0.25) is 5.91 Å². The van der Waals surface area contributed by atoms with Crippen molar-refractivity contribution in [2.45, 2.75) is 32.7 Å². The first kappa shape index (κ1) is 14.9. The fourth-order valence-electron chi connectivity index (χ4n) is 2.23. The molecule has 0 aromatic carbocycles. The van der Waals surface area contributed by atoms with Crippen molar-refractivity contribution in [1.82, 2.24) is 15.5 Å². The molecule has 5 heteroatoms. The second kappa shape index (κ2) is 8.06. The van der Waals surface area contributed by atoms with E-state index >= 15 is 0 Å². The molecule has 1 heterocycles. The zero-order valence-electron chi connectivity index (χ0n) is 11.4. The molecule has 0 spiro atoms. The number of amides is 1. The van der Waals surface area contributed by atoms with E-state index in [9.17, 15) is 4.79 Å². The second-order valence-electron chi connectivity index (χ2n) is 5.15. The van der Waals surface area contributed by atoms with Crippen molar-refractivity contribution in [3.8, 4) is 6.07 Å². The third-order valence-corrected chi connectivity index (χ3v) is 3.39. The van der Waals surface area contributed by atoms with Gasteiger partial charge < -0.3 is 10.6 Å². The van der Waals surface area contributed by atoms with E-state index in [0.717, 1.165) is 19.6 Å². The third-order valence-electron chi connectivity index (χ3n) is 3.39. The first-order valence-corrected chi connectivity index (χ1v) is 6.72. The predicted octanol–water partition coefficient (Wildman–Crippen LogP) is 0.336. The summed E-state index contributed by atoms with van der Waals surface area (Å²) in [4.78, 5) is 13.8. The monoisotopic (exact) mass is 252 g/mol. The Labute approximate surface area is 110 Å². The van der Waals surface area contributed by atoms with Gasteiger partial charge in [0, 0.05) is 12.6 Å². The molecular weight excluding hydrogens is 228 g/mol. The summed E-state index contributed by atoms with van der Waals surface area (Å²) in [5.74, 6) is 0.622. The molecule has 1 saturated heterocycles. The molecular formula is C13H24N4O. The van der Waals surface area contributed by atoms with Crippen molar-refractivity contribution in [1.29, 1.82) is 5.26 Å². The van der Waals surface area contributed by atoms with Gasteiger partial charge in [0.1, 0.15) is 6.54 Å². The molecule has 102 valence electrons. The number of hydrogen-bond donors (Lipinski definition) is 2. The van der Waals surface area contributed by atoms with Crippen molar-refractivity contribution in [3.05, 3.63) is 0 Å². The van der Waals surface area contributed by atoms with Crippen LogP contribution in [-0.4, -0.2) is 49.6 Å². The van der Waals surface area contributed by atoms with Crippen molar-refractivity contribution in [2.24, 2.45) is 5.92 Å². The van der Waals surface area contributed by atoms with Gasteiger partial charge in [-0.25, -0.2) is 0 Å². The number of carbonyl (C=O) groups excluding carboxylic acids is 1. The van der Waals surface area contributed by atoms with E-state index in [2.05, 4.69) is 29.4 Å². The highest BCUT2D eigenvalue weighted by molar-refractivity contribution is 5.78. The minimum absolute atomic E-state index is 0.0563. The van der Waals surface area contributed by atoms with E-state index in [-0.39, 0.29) is 12.5 Å². The van der Waals surface area contributed by atoms with E-state index < -0.39 is 0 Å². The van der Waals surface area contributed by atoms with Crippen molar-refractivity contribution in [2.75, 3.05) is 32.7 Å². The summed E-state index contributed by atoms with van der Waals surface area (Å²) >= 11 is 0. The number of piperidine rings is 1. The Balaban J connectivity index is 2.39. The second-order valence-corrected chi connectivity index (χ2v) is 5.15. The number of nitrogens with one attached hydrogen (secondary N) is 2. The summed E-state index contributed by atoms with van der Waals surface area (Å²) in [7, 11) is 0. The SMILES string of the molecule is CC(C)N(CC(=O)NCC#N)CC1CCNCC1. The van der Waals surface area contributed by atoms with Gasteiger partial charge in [0.05, 0.1) is 12.6 Å². The number of hydrogen-bond acceptors (Lipinski definition) is 4. The summed E-state index contributed by atoms with van der Waals surface area (Å²) < 4.78 is 0. The average Bonchev–Trinajstić information content (AvgIpc) is 2.36. The van der Waals surface area contributed by atoms with Gasteiger partial charge in [-0.2, -0.15) is 5.26 Å². The highest BCUT2D eigenvalue weighted by Gasteiger charge is 2.20. The molecule has 1 rings (SSSR count). The quantitative estimate of drug-likeness (QED) is 0.669. The molecule has 0 radical (unpaired) electrons. The molecule has 1 fully saturated rings. The van der Waals surface area contributed by atoms with Crippen LogP contribution in [0.3, 0.4) is 0 Å². The molecule has 2 N–H and O–H groups in total. The van der Waals surface area contributed by atoms with Crippen LogP contribution in [0.4, 0.5) is 0 Å². The minimum Gasteiger partial charge on any atom is -0.342 e. The van der Waals surface area contributed by atoms with Crippen LogP contribution in [0.2, 0.25) is 0 Å². The van der Waals surface area contributed by atoms with Crippen LogP contribution in [0.15, 0.2) is 0 Å². The summed E-state index contributed by atoms with van der Waals surface area (Å²) in [6, 6.07) is 2.28. The van der Waals surface area contributed by atoms with Crippen molar-refractivity contribution < 1.29 is 4.79 Å². The summed E-state index contributed by atoms with van der Waals surface area (Å²) in [6.07, 6.45) is 2.37. The van der Waals surface area contributed by atoms with Crippen LogP contribution in [0.5, 0.6) is 0 Å². The highest BCUT2D eigenvalue weighted by atomic mass is 16.2. The van der Waals surface area contributed by atoms with Crippen LogP contribution in [0.25, 0.3) is 0 Å². The molecule has 0 saturated carbocycles. The van der Waals surface area contributed by atoms with E-state index in [1.54, 1.807) is 0 Å². The molecule has 0 atom stereocenters. The van der Waals surface area contributed by atoms with Crippen molar-refractivity contribution in [3.63, 3.8) is 0 Å². The minimum atomic E-state index is -0.0563. The van der Waals surface area contributed by atoms with E-state index in [0.29, 0.717) is 18.5 Å². The number of carbonyl (C=O) groups is 1.